The Morgan fingerprint density at radius 1 is 1.16 bits per heavy atom. The summed E-state index contributed by atoms with van der Waals surface area (Å²) >= 11 is 17.2. The molecule has 0 unspecified atom stereocenters. The highest BCUT2D eigenvalue weighted by atomic mass is 35.5. The van der Waals surface area contributed by atoms with Crippen molar-refractivity contribution >= 4 is 51.8 Å². The first-order valence-corrected chi connectivity index (χ1v) is 6.77. The predicted octanol–water partition coefficient (Wildman–Crippen LogP) is 4.68. The van der Waals surface area contributed by atoms with Crippen LogP contribution in [0.4, 0.5) is 11.4 Å². The molecule has 0 atom stereocenters. The standard InChI is InChI=1S/C14H12Cl2N2S/c1-8-5-6-11(9(7-8)14(17)19)18-12-4-2-3-10(15)13(12)16/h2-7,18H,1H3,(H2,17,19). The highest BCUT2D eigenvalue weighted by molar-refractivity contribution is 7.80. The molecule has 0 saturated heterocycles. The number of aryl methyl sites for hydroxylation is 1. The zero-order valence-electron chi connectivity index (χ0n) is 10.2. The topological polar surface area (TPSA) is 38.0 Å². The van der Waals surface area contributed by atoms with Crippen LogP contribution in [0.1, 0.15) is 11.1 Å². The van der Waals surface area contributed by atoms with Crippen LogP contribution in [0.15, 0.2) is 36.4 Å². The van der Waals surface area contributed by atoms with Crippen LogP contribution < -0.4 is 11.1 Å². The third-order valence-corrected chi connectivity index (χ3v) is 3.70. The van der Waals surface area contributed by atoms with Crippen molar-refractivity contribution in [1.29, 1.82) is 0 Å². The molecule has 2 aromatic rings. The monoisotopic (exact) mass is 310 g/mol. The second-order valence-corrected chi connectivity index (χ2v) is 5.36. The number of nitrogens with two attached hydrogens (primary N) is 1. The van der Waals surface area contributed by atoms with Crippen LogP contribution >= 0.6 is 35.4 Å². The van der Waals surface area contributed by atoms with Crippen molar-refractivity contribution < 1.29 is 0 Å². The maximum Gasteiger partial charge on any atom is 0.106 e. The van der Waals surface area contributed by atoms with Gasteiger partial charge >= 0.3 is 0 Å². The fourth-order valence-electron chi connectivity index (χ4n) is 1.72. The summed E-state index contributed by atoms with van der Waals surface area (Å²) in [6.45, 7) is 1.98. The van der Waals surface area contributed by atoms with E-state index >= 15 is 0 Å². The molecule has 5 heteroatoms. The molecule has 0 fully saturated rings. The van der Waals surface area contributed by atoms with Crippen LogP contribution in [0.5, 0.6) is 0 Å². The number of hydrogen-bond acceptors (Lipinski definition) is 2. The molecular formula is C14H12Cl2N2S. The van der Waals surface area contributed by atoms with Gasteiger partial charge in [-0.3, -0.25) is 0 Å². The minimum atomic E-state index is 0.337. The maximum absolute atomic E-state index is 6.15. The third kappa shape index (κ3) is 3.18. The molecule has 0 aliphatic heterocycles. The van der Waals surface area contributed by atoms with Crippen LogP contribution in [-0.4, -0.2) is 4.99 Å². The zero-order chi connectivity index (χ0) is 14.0. The van der Waals surface area contributed by atoms with E-state index in [9.17, 15) is 0 Å². The number of anilines is 2. The summed E-state index contributed by atoms with van der Waals surface area (Å²) in [4.78, 5) is 0.337. The van der Waals surface area contributed by atoms with Gasteiger partial charge in [0.25, 0.3) is 0 Å². The van der Waals surface area contributed by atoms with Crippen LogP contribution in [0, 0.1) is 6.92 Å². The fourth-order valence-corrected chi connectivity index (χ4v) is 2.23. The number of thiocarbonyl (C=S) groups is 1. The van der Waals surface area contributed by atoms with Crippen molar-refractivity contribution in [2.45, 2.75) is 6.92 Å². The molecule has 19 heavy (non-hydrogen) atoms. The summed E-state index contributed by atoms with van der Waals surface area (Å²) < 4.78 is 0. The summed E-state index contributed by atoms with van der Waals surface area (Å²) in [5, 5.41) is 4.17. The third-order valence-electron chi connectivity index (χ3n) is 2.66. The van der Waals surface area contributed by atoms with E-state index in [1.165, 1.54) is 0 Å². The van der Waals surface area contributed by atoms with Crippen LogP contribution in [-0.2, 0) is 0 Å². The van der Waals surface area contributed by atoms with Crippen molar-refractivity contribution in [3.05, 3.63) is 57.6 Å². The Hall–Kier alpha value is -1.29. The Balaban J connectivity index is 2.44. The lowest BCUT2D eigenvalue weighted by molar-refractivity contribution is 1.43. The van der Waals surface area contributed by atoms with Gasteiger partial charge in [0.05, 0.1) is 15.7 Å². The quantitative estimate of drug-likeness (QED) is 0.808. The first-order chi connectivity index (χ1) is 8.99. The Kier molecular flexibility index (Phi) is 4.30. The smallest absolute Gasteiger partial charge is 0.106 e. The number of hydrogen-bond donors (Lipinski definition) is 2. The minimum absolute atomic E-state index is 0.337. The van der Waals surface area contributed by atoms with Gasteiger partial charge in [-0.25, -0.2) is 0 Å². The lowest BCUT2D eigenvalue weighted by Crippen LogP contribution is -2.12. The largest absolute Gasteiger partial charge is 0.389 e. The number of halogens is 2. The first kappa shape index (κ1) is 14.1. The van der Waals surface area contributed by atoms with E-state index in [4.69, 9.17) is 41.2 Å². The van der Waals surface area contributed by atoms with E-state index in [0.29, 0.717) is 15.0 Å². The van der Waals surface area contributed by atoms with Gasteiger partial charge in [-0.1, -0.05) is 53.1 Å². The molecule has 0 aliphatic rings. The van der Waals surface area contributed by atoms with Crippen molar-refractivity contribution in [1.82, 2.24) is 0 Å². The molecule has 2 nitrogen and oxygen atoms in total. The predicted molar refractivity (Wildman–Crippen MR) is 86.8 cm³/mol. The molecule has 0 saturated carbocycles. The number of rotatable bonds is 3. The van der Waals surface area contributed by atoms with Gasteiger partial charge in [-0.05, 0) is 31.2 Å². The van der Waals surface area contributed by atoms with E-state index in [-0.39, 0.29) is 0 Å². The Labute approximate surface area is 127 Å². The highest BCUT2D eigenvalue weighted by Gasteiger charge is 2.09. The molecule has 0 aliphatic carbocycles. The van der Waals surface area contributed by atoms with E-state index in [1.807, 2.05) is 37.3 Å². The first-order valence-electron chi connectivity index (χ1n) is 5.60. The Bertz CT molecular complexity index is 641. The average molecular weight is 311 g/mol. The van der Waals surface area contributed by atoms with Gasteiger partial charge in [0, 0.05) is 11.3 Å². The number of nitrogens with one attached hydrogen (secondary N) is 1. The molecule has 0 bridgehead atoms. The van der Waals surface area contributed by atoms with Crippen LogP contribution in [0.2, 0.25) is 10.0 Å². The molecule has 0 spiro atoms. The van der Waals surface area contributed by atoms with Crippen LogP contribution in [0.25, 0.3) is 0 Å². The van der Waals surface area contributed by atoms with Gasteiger partial charge in [0.2, 0.25) is 0 Å². The molecule has 0 radical (unpaired) electrons. The molecule has 0 aromatic heterocycles. The molecule has 3 N–H and O–H groups in total. The second-order valence-electron chi connectivity index (χ2n) is 4.14. The van der Waals surface area contributed by atoms with E-state index < -0.39 is 0 Å². The number of benzene rings is 2. The Morgan fingerprint density at radius 2 is 1.89 bits per heavy atom. The summed E-state index contributed by atoms with van der Waals surface area (Å²) in [5.41, 5.74) is 9.14. The second kappa shape index (κ2) is 5.78. The zero-order valence-corrected chi connectivity index (χ0v) is 12.5. The van der Waals surface area contributed by atoms with E-state index in [0.717, 1.165) is 22.5 Å². The molecule has 0 amide bonds. The van der Waals surface area contributed by atoms with Gasteiger partial charge < -0.3 is 11.1 Å². The van der Waals surface area contributed by atoms with Gasteiger partial charge in [-0.2, -0.15) is 0 Å². The van der Waals surface area contributed by atoms with Gasteiger partial charge in [0.1, 0.15) is 4.99 Å². The lowest BCUT2D eigenvalue weighted by atomic mass is 10.1. The summed E-state index contributed by atoms with van der Waals surface area (Å²) in [6.07, 6.45) is 0. The van der Waals surface area contributed by atoms with Crippen LogP contribution in [0.3, 0.4) is 0 Å². The summed E-state index contributed by atoms with van der Waals surface area (Å²) in [7, 11) is 0. The average Bonchev–Trinajstić information content (AvgIpc) is 2.36. The fraction of sp³-hybridized carbons (Fsp3) is 0.0714. The summed E-state index contributed by atoms with van der Waals surface area (Å²) in [5.74, 6) is 0. The molecule has 0 heterocycles. The maximum atomic E-state index is 6.15. The molecule has 98 valence electrons. The lowest BCUT2D eigenvalue weighted by Gasteiger charge is -2.13. The minimum Gasteiger partial charge on any atom is -0.389 e. The van der Waals surface area contributed by atoms with Gasteiger partial charge in [-0.15, -0.1) is 0 Å². The molecule has 2 rings (SSSR count). The van der Waals surface area contributed by atoms with Crippen molar-refractivity contribution in [3.8, 4) is 0 Å². The van der Waals surface area contributed by atoms with E-state index in [1.54, 1.807) is 6.07 Å². The van der Waals surface area contributed by atoms with Crippen molar-refractivity contribution in [2.75, 3.05) is 5.32 Å². The van der Waals surface area contributed by atoms with E-state index in [2.05, 4.69) is 5.32 Å². The van der Waals surface area contributed by atoms with Crippen molar-refractivity contribution in [2.24, 2.45) is 5.73 Å². The van der Waals surface area contributed by atoms with Crippen molar-refractivity contribution in [3.63, 3.8) is 0 Å². The SMILES string of the molecule is Cc1ccc(Nc2cccc(Cl)c2Cl)c(C(N)=S)c1. The molecular weight excluding hydrogens is 299 g/mol. The molecule has 2 aromatic carbocycles. The summed E-state index contributed by atoms with van der Waals surface area (Å²) in [6, 6.07) is 11.2. The highest BCUT2D eigenvalue weighted by Crippen LogP contribution is 2.32. The normalized spacial score (nSPS) is 10.3. The Morgan fingerprint density at radius 3 is 2.58 bits per heavy atom. The van der Waals surface area contributed by atoms with Gasteiger partial charge in [0.15, 0.2) is 0 Å².